The molecule has 1 saturated carbocycles. The van der Waals surface area contributed by atoms with E-state index in [0.717, 1.165) is 24.8 Å². The van der Waals surface area contributed by atoms with E-state index < -0.39 is 11.5 Å². The quantitative estimate of drug-likeness (QED) is 0.900. The van der Waals surface area contributed by atoms with Gasteiger partial charge >= 0.3 is 5.97 Å². The highest BCUT2D eigenvalue weighted by Crippen LogP contribution is 2.29. The van der Waals surface area contributed by atoms with Gasteiger partial charge in [0, 0.05) is 10.6 Å². The van der Waals surface area contributed by atoms with E-state index in [4.69, 9.17) is 11.6 Å². The van der Waals surface area contributed by atoms with Crippen molar-refractivity contribution in [3.8, 4) is 0 Å². The fourth-order valence-electron chi connectivity index (χ4n) is 2.67. The Kier molecular flexibility index (Phi) is 4.33. The number of amides is 1. The highest BCUT2D eigenvalue weighted by atomic mass is 35.5. The van der Waals surface area contributed by atoms with Gasteiger partial charge in [-0.2, -0.15) is 0 Å². The number of halogens is 1. The molecule has 0 saturated heterocycles. The summed E-state index contributed by atoms with van der Waals surface area (Å²) < 4.78 is 0. The smallest absolute Gasteiger partial charge is 0.329 e. The van der Waals surface area contributed by atoms with Crippen molar-refractivity contribution in [3.63, 3.8) is 0 Å². The van der Waals surface area contributed by atoms with Gasteiger partial charge in [0.15, 0.2) is 0 Å². The topological polar surface area (TPSA) is 66.4 Å². The van der Waals surface area contributed by atoms with Crippen LogP contribution in [0.4, 0.5) is 0 Å². The Hall–Kier alpha value is -1.55. The number of hydrogen-bond acceptors (Lipinski definition) is 2. The normalized spacial score (nSPS) is 17.5. The van der Waals surface area contributed by atoms with Gasteiger partial charge in [0.05, 0.1) is 0 Å². The Balaban J connectivity index is 2.24. The average molecular weight is 296 g/mol. The van der Waals surface area contributed by atoms with Crippen molar-refractivity contribution in [3.05, 3.63) is 34.3 Å². The molecule has 1 aliphatic carbocycles. The van der Waals surface area contributed by atoms with Gasteiger partial charge in [-0.3, -0.25) is 4.79 Å². The number of aliphatic carboxylic acids is 1. The number of carboxylic acids is 1. The van der Waals surface area contributed by atoms with Crippen molar-refractivity contribution in [2.24, 2.45) is 0 Å². The molecule has 108 valence electrons. The molecular weight excluding hydrogens is 278 g/mol. The number of carboxylic acid groups (broad SMARTS) is 1. The van der Waals surface area contributed by atoms with Crippen LogP contribution in [0.5, 0.6) is 0 Å². The van der Waals surface area contributed by atoms with E-state index in [-0.39, 0.29) is 5.91 Å². The minimum absolute atomic E-state index is 0.366. The van der Waals surface area contributed by atoms with E-state index in [1.165, 1.54) is 0 Å². The molecule has 1 aliphatic rings. The minimum Gasteiger partial charge on any atom is -0.480 e. The number of carbonyl (C=O) groups excluding carboxylic acids is 1. The zero-order valence-electron chi connectivity index (χ0n) is 11.4. The maximum Gasteiger partial charge on any atom is 0.329 e. The Labute approximate surface area is 123 Å². The van der Waals surface area contributed by atoms with Gasteiger partial charge in [0.25, 0.3) is 5.91 Å². The second kappa shape index (κ2) is 5.83. The lowest BCUT2D eigenvalue weighted by Crippen LogP contribution is -2.55. The first-order valence-corrected chi connectivity index (χ1v) is 7.14. The van der Waals surface area contributed by atoms with Gasteiger partial charge in [0.2, 0.25) is 0 Å². The van der Waals surface area contributed by atoms with Crippen LogP contribution in [0.2, 0.25) is 5.02 Å². The molecule has 0 heterocycles. The summed E-state index contributed by atoms with van der Waals surface area (Å²) in [4.78, 5) is 23.9. The Morgan fingerprint density at radius 3 is 2.50 bits per heavy atom. The standard InChI is InChI=1S/C15H18ClNO3/c1-10-5-6-11(16)9-12(10)13(18)17-15(14(19)20)7-3-2-4-8-15/h5-6,9H,2-4,7-8H2,1H3,(H,17,18)(H,19,20). The number of nitrogens with one attached hydrogen (secondary N) is 1. The van der Waals surface area contributed by atoms with Crippen LogP contribution in [0.3, 0.4) is 0 Å². The van der Waals surface area contributed by atoms with Crippen molar-refractivity contribution < 1.29 is 14.7 Å². The summed E-state index contributed by atoms with van der Waals surface area (Å²) in [5, 5.41) is 12.7. The van der Waals surface area contributed by atoms with Crippen LogP contribution in [-0.2, 0) is 4.79 Å². The lowest BCUT2D eigenvalue weighted by Gasteiger charge is -2.34. The van der Waals surface area contributed by atoms with E-state index in [2.05, 4.69) is 5.32 Å². The lowest BCUT2D eigenvalue weighted by atomic mass is 9.81. The third kappa shape index (κ3) is 2.96. The fraction of sp³-hybridized carbons (Fsp3) is 0.467. The molecule has 4 nitrogen and oxygen atoms in total. The summed E-state index contributed by atoms with van der Waals surface area (Å²) in [6.07, 6.45) is 3.62. The van der Waals surface area contributed by atoms with E-state index >= 15 is 0 Å². The predicted octanol–water partition coefficient (Wildman–Crippen LogP) is 3.17. The number of carbonyl (C=O) groups is 2. The second-order valence-corrected chi connectivity index (χ2v) is 5.80. The molecule has 5 heteroatoms. The number of hydrogen-bond donors (Lipinski definition) is 2. The summed E-state index contributed by atoms with van der Waals surface area (Å²) in [7, 11) is 0. The van der Waals surface area contributed by atoms with Gasteiger partial charge in [0.1, 0.15) is 5.54 Å². The maximum absolute atomic E-state index is 12.4. The molecule has 0 aliphatic heterocycles. The number of rotatable bonds is 3. The summed E-state index contributed by atoms with van der Waals surface area (Å²) in [6, 6.07) is 5.04. The summed E-state index contributed by atoms with van der Waals surface area (Å²) >= 11 is 5.90. The first kappa shape index (κ1) is 14.9. The van der Waals surface area contributed by atoms with E-state index in [1.54, 1.807) is 25.1 Å². The molecular formula is C15H18ClNO3. The molecule has 1 fully saturated rings. The predicted molar refractivity (Wildman–Crippen MR) is 77.1 cm³/mol. The molecule has 2 rings (SSSR count). The lowest BCUT2D eigenvalue weighted by molar-refractivity contribution is -0.145. The molecule has 0 aromatic heterocycles. The first-order chi connectivity index (χ1) is 9.44. The summed E-state index contributed by atoms with van der Waals surface area (Å²) in [5.41, 5.74) is 0.0799. The van der Waals surface area contributed by atoms with Crippen LogP contribution in [0.25, 0.3) is 0 Å². The Bertz CT molecular complexity index is 536. The highest BCUT2D eigenvalue weighted by molar-refractivity contribution is 6.31. The molecule has 0 radical (unpaired) electrons. The maximum atomic E-state index is 12.4. The molecule has 0 unspecified atom stereocenters. The molecule has 0 atom stereocenters. The van der Waals surface area contributed by atoms with Crippen molar-refractivity contribution >= 4 is 23.5 Å². The minimum atomic E-state index is -1.13. The van der Waals surface area contributed by atoms with Crippen molar-refractivity contribution in [2.75, 3.05) is 0 Å². The molecule has 1 aromatic carbocycles. The molecule has 0 bridgehead atoms. The summed E-state index contributed by atoms with van der Waals surface area (Å²) in [6.45, 7) is 1.81. The van der Waals surface area contributed by atoms with E-state index in [9.17, 15) is 14.7 Å². The van der Waals surface area contributed by atoms with Crippen LogP contribution < -0.4 is 5.32 Å². The van der Waals surface area contributed by atoms with Gasteiger partial charge in [-0.1, -0.05) is 36.9 Å². The van der Waals surface area contributed by atoms with Crippen LogP contribution in [0.15, 0.2) is 18.2 Å². The largest absolute Gasteiger partial charge is 0.480 e. The number of benzene rings is 1. The SMILES string of the molecule is Cc1ccc(Cl)cc1C(=O)NC1(C(=O)O)CCCCC1. The fourth-order valence-corrected chi connectivity index (χ4v) is 2.84. The van der Waals surface area contributed by atoms with Crippen LogP contribution >= 0.6 is 11.6 Å². The van der Waals surface area contributed by atoms with E-state index in [0.29, 0.717) is 23.4 Å². The van der Waals surface area contributed by atoms with Gasteiger partial charge in [-0.15, -0.1) is 0 Å². The van der Waals surface area contributed by atoms with Crippen LogP contribution in [0.1, 0.15) is 48.0 Å². The third-order valence-corrected chi connectivity index (χ3v) is 4.15. The highest BCUT2D eigenvalue weighted by Gasteiger charge is 2.41. The van der Waals surface area contributed by atoms with E-state index in [1.807, 2.05) is 0 Å². The molecule has 1 amide bonds. The van der Waals surface area contributed by atoms with Gasteiger partial charge < -0.3 is 10.4 Å². The van der Waals surface area contributed by atoms with Gasteiger partial charge in [-0.25, -0.2) is 4.79 Å². The Morgan fingerprint density at radius 1 is 1.25 bits per heavy atom. The molecule has 20 heavy (non-hydrogen) atoms. The zero-order chi connectivity index (χ0) is 14.8. The molecule has 0 spiro atoms. The zero-order valence-corrected chi connectivity index (χ0v) is 12.2. The Morgan fingerprint density at radius 2 is 1.90 bits per heavy atom. The van der Waals surface area contributed by atoms with Crippen molar-refractivity contribution in [1.82, 2.24) is 5.32 Å². The molecule has 2 N–H and O–H groups in total. The average Bonchev–Trinajstić information content (AvgIpc) is 2.42. The second-order valence-electron chi connectivity index (χ2n) is 5.36. The monoisotopic (exact) mass is 295 g/mol. The van der Waals surface area contributed by atoms with Gasteiger partial charge in [-0.05, 0) is 37.5 Å². The first-order valence-electron chi connectivity index (χ1n) is 6.77. The molecule has 1 aromatic rings. The summed E-state index contributed by atoms with van der Waals surface area (Å²) in [5.74, 6) is -1.32. The van der Waals surface area contributed by atoms with Crippen LogP contribution in [0, 0.1) is 6.92 Å². The van der Waals surface area contributed by atoms with Crippen molar-refractivity contribution in [2.45, 2.75) is 44.6 Å². The third-order valence-electron chi connectivity index (χ3n) is 3.91. The number of aryl methyl sites for hydroxylation is 1. The van der Waals surface area contributed by atoms with Crippen LogP contribution in [-0.4, -0.2) is 22.5 Å². The van der Waals surface area contributed by atoms with Crippen molar-refractivity contribution in [1.29, 1.82) is 0 Å².